The monoisotopic (exact) mass is 333 g/mol. The highest BCUT2D eigenvalue weighted by Crippen LogP contribution is 2.52. The molecule has 1 unspecified atom stereocenters. The lowest BCUT2D eigenvalue weighted by Crippen LogP contribution is -2.29. The van der Waals surface area contributed by atoms with E-state index in [9.17, 15) is 0 Å². The van der Waals surface area contributed by atoms with Crippen molar-refractivity contribution >= 4 is 23.2 Å². The molecule has 22 heavy (non-hydrogen) atoms. The Bertz CT molecular complexity index is 690. The number of halogens is 2. The van der Waals surface area contributed by atoms with E-state index in [0.29, 0.717) is 10.0 Å². The van der Waals surface area contributed by atoms with Crippen molar-refractivity contribution in [3.05, 3.63) is 63.4 Å². The molecule has 0 amide bonds. The summed E-state index contributed by atoms with van der Waals surface area (Å²) >= 11 is 12.4. The number of fused-ring (bicyclic) bond motifs is 2. The van der Waals surface area contributed by atoms with Gasteiger partial charge in [0.15, 0.2) is 0 Å². The zero-order chi connectivity index (χ0) is 15.2. The summed E-state index contributed by atoms with van der Waals surface area (Å²) < 4.78 is 6.58. The van der Waals surface area contributed by atoms with Crippen molar-refractivity contribution in [1.29, 1.82) is 0 Å². The summed E-state index contributed by atoms with van der Waals surface area (Å²) in [5, 5.41) is 1.28. The summed E-state index contributed by atoms with van der Waals surface area (Å²) in [5.74, 6) is 0. The van der Waals surface area contributed by atoms with E-state index >= 15 is 0 Å². The van der Waals surface area contributed by atoms with Crippen molar-refractivity contribution in [2.45, 2.75) is 43.8 Å². The second kappa shape index (κ2) is 5.52. The number of hydrogen-bond acceptors (Lipinski definition) is 2. The summed E-state index contributed by atoms with van der Waals surface area (Å²) in [7, 11) is 0. The van der Waals surface area contributed by atoms with Crippen LogP contribution in [0, 0.1) is 0 Å². The Kier molecular flexibility index (Phi) is 3.64. The van der Waals surface area contributed by atoms with Crippen LogP contribution in [-0.4, -0.2) is 4.98 Å². The average molecular weight is 334 g/mol. The normalized spacial score (nSPS) is 22.7. The van der Waals surface area contributed by atoms with Crippen LogP contribution in [0.5, 0.6) is 0 Å². The summed E-state index contributed by atoms with van der Waals surface area (Å²) in [6.45, 7) is 0. The highest BCUT2D eigenvalue weighted by Gasteiger charge is 2.47. The van der Waals surface area contributed by atoms with Gasteiger partial charge in [-0.3, -0.25) is 4.98 Å². The SMILES string of the molecule is Clc1cc(Cl)cc(C2OC3(CCCCC3)c3ncccc32)c1. The maximum Gasteiger partial charge on any atom is 0.112 e. The van der Waals surface area contributed by atoms with Gasteiger partial charge in [0.2, 0.25) is 0 Å². The molecule has 4 rings (SSSR count). The Labute approximate surface area is 140 Å². The second-order valence-corrected chi connectivity index (χ2v) is 7.07. The topological polar surface area (TPSA) is 22.1 Å². The van der Waals surface area contributed by atoms with E-state index < -0.39 is 0 Å². The average Bonchev–Trinajstić information content (AvgIpc) is 2.82. The highest BCUT2D eigenvalue weighted by atomic mass is 35.5. The van der Waals surface area contributed by atoms with Crippen molar-refractivity contribution in [1.82, 2.24) is 4.98 Å². The predicted molar refractivity (Wildman–Crippen MR) is 88.4 cm³/mol. The van der Waals surface area contributed by atoms with Crippen LogP contribution in [0.1, 0.15) is 55.0 Å². The Balaban J connectivity index is 1.82. The van der Waals surface area contributed by atoms with Gasteiger partial charge in [0, 0.05) is 21.8 Å². The van der Waals surface area contributed by atoms with Gasteiger partial charge >= 0.3 is 0 Å². The van der Waals surface area contributed by atoms with Crippen LogP contribution in [0.15, 0.2) is 36.5 Å². The van der Waals surface area contributed by atoms with Gasteiger partial charge < -0.3 is 4.74 Å². The van der Waals surface area contributed by atoms with Crippen LogP contribution in [0.25, 0.3) is 0 Å². The van der Waals surface area contributed by atoms with Crippen LogP contribution in [0.4, 0.5) is 0 Å². The van der Waals surface area contributed by atoms with Crippen LogP contribution in [0.3, 0.4) is 0 Å². The fourth-order valence-corrected chi connectivity index (χ4v) is 4.35. The third-order valence-corrected chi connectivity index (χ3v) is 5.18. The van der Waals surface area contributed by atoms with Gasteiger partial charge in [0.1, 0.15) is 11.7 Å². The van der Waals surface area contributed by atoms with Gasteiger partial charge in [-0.25, -0.2) is 0 Å². The molecule has 0 bridgehead atoms. The first kappa shape index (κ1) is 14.5. The van der Waals surface area contributed by atoms with Crippen molar-refractivity contribution in [2.75, 3.05) is 0 Å². The number of hydrogen-bond donors (Lipinski definition) is 0. The number of pyridine rings is 1. The molecule has 4 heteroatoms. The van der Waals surface area contributed by atoms with E-state index in [2.05, 4.69) is 11.1 Å². The van der Waals surface area contributed by atoms with Crippen molar-refractivity contribution in [3.8, 4) is 0 Å². The smallest absolute Gasteiger partial charge is 0.112 e. The van der Waals surface area contributed by atoms with E-state index in [1.54, 1.807) is 6.07 Å². The molecule has 1 aromatic carbocycles. The summed E-state index contributed by atoms with van der Waals surface area (Å²) in [4.78, 5) is 4.67. The predicted octanol–water partition coefficient (Wildman–Crippen LogP) is 5.67. The zero-order valence-corrected chi connectivity index (χ0v) is 13.7. The standard InChI is InChI=1S/C18H17Cl2NO/c19-13-9-12(10-14(20)11-13)16-15-5-4-8-21-17(15)18(22-16)6-2-1-3-7-18/h4-5,8-11,16H,1-3,6-7H2. The van der Waals surface area contributed by atoms with E-state index in [1.165, 1.54) is 19.3 Å². The van der Waals surface area contributed by atoms with Gasteiger partial charge in [-0.2, -0.15) is 0 Å². The number of ether oxygens (including phenoxy) is 1. The van der Waals surface area contributed by atoms with Crippen LogP contribution < -0.4 is 0 Å². The maximum absolute atomic E-state index is 6.58. The molecule has 1 aliphatic carbocycles. The molecule has 2 heterocycles. The molecule has 0 saturated heterocycles. The zero-order valence-electron chi connectivity index (χ0n) is 12.2. The third kappa shape index (κ3) is 2.34. The third-order valence-electron chi connectivity index (χ3n) is 4.75. The Morgan fingerprint density at radius 1 is 1.05 bits per heavy atom. The number of rotatable bonds is 1. The number of nitrogens with zero attached hydrogens (tertiary/aromatic N) is 1. The first-order valence-electron chi connectivity index (χ1n) is 7.77. The lowest BCUT2D eigenvalue weighted by molar-refractivity contribution is -0.0861. The largest absolute Gasteiger partial charge is 0.356 e. The van der Waals surface area contributed by atoms with Gasteiger partial charge in [-0.1, -0.05) is 48.5 Å². The van der Waals surface area contributed by atoms with Crippen molar-refractivity contribution < 1.29 is 4.74 Å². The summed E-state index contributed by atoms with van der Waals surface area (Å²) in [5.41, 5.74) is 3.04. The lowest BCUT2D eigenvalue weighted by atomic mass is 9.82. The fourth-order valence-electron chi connectivity index (χ4n) is 3.81. The molecule has 0 radical (unpaired) electrons. The van der Waals surface area contributed by atoms with Gasteiger partial charge in [0.25, 0.3) is 0 Å². The number of benzene rings is 1. The summed E-state index contributed by atoms with van der Waals surface area (Å²) in [6.07, 6.45) is 7.49. The van der Waals surface area contributed by atoms with E-state index in [0.717, 1.165) is 29.7 Å². The van der Waals surface area contributed by atoms with E-state index in [4.69, 9.17) is 27.9 Å². The molecule has 1 spiro atoms. The molecule has 1 aliphatic heterocycles. The molecular weight excluding hydrogens is 317 g/mol. The summed E-state index contributed by atoms with van der Waals surface area (Å²) in [6, 6.07) is 9.73. The van der Waals surface area contributed by atoms with Gasteiger partial charge in [0.05, 0.1) is 5.69 Å². The molecule has 1 saturated carbocycles. The fraction of sp³-hybridized carbons (Fsp3) is 0.389. The quantitative estimate of drug-likeness (QED) is 0.670. The van der Waals surface area contributed by atoms with E-state index in [1.807, 2.05) is 24.4 Å². The first-order valence-corrected chi connectivity index (χ1v) is 8.53. The molecule has 1 fully saturated rings. The first-order chi connectivity index (χ1) is 10.7. The van der Waals surface area contributed by atoms with Gasteiger partial charge in [-0.15, -0.1) is 0 Å². The minimum Gasteiger partial charge on any atom is -0.356 e. The van der Waals surface area contributed by atoms with Crippen LogP contribution in [-0.2, 0) is 10.3 Å². The molecule has 1 aromatic heterocycles. The van der Waals surface area contributed by atoms with Crippen LogP contribution in [0.2, 0.25) is 10.0 Å². The molecule has 1 atom stereocenters. The van der Waals surface area contributed by atoms with Crippen molar-refractivity contribution in [2.24, 2.45) is 0 Å². The highest BCUT2D eigenvalue weighted by molar-refractivity contribution is 6.34. The lowest BCUT2D eigenvalue weighted by Gasteiger charge is -2.33. The van der Waals surface area contributed by atoms with Gasteiger partial charge in [-0.05, 0) is 42.7 Å². The second-order valence-electron chi connectivity index (χ2n) is 6.20. The Morgan fingerprint density at radius 2 is 1.77 bits per heavy atom. The minimum atomic E-state index is -0.228. The van der Waals surface area contributed by atoms with E-state index in [-0.39, 0.29) is 11.7 Å². The molecule has 2 aliphatic rings. The molecular formula is C18H17Cl2NO. The molecule has 114 valence electrons. The number of aromatic nitrogens is 1. The Hall–Kier alpha value is -1.09. The maximum atomic E-state index is 6.58. The molecule has 2 nitrogen and oxygen atoms in total. The Morgan fingerprint density at radius 3 is 2.50 bits per heavy atom. The van der Waals surface area contributed by atoms with Crippen molar-refractivity contribution in [3.63, 3.8) is 0 Å². The minimum absolute atomic E-state index is 0.127. The van der Waals surface area contributed by atoms with Crippen LogP contribution >= 0.6 is 23.2 Å². The molecule has 0 N–H and O–H groups in total. The molecule has 2 aromatic rings.